The summed E-state index contributed by atoms with van der Waals surface area (Å²) in [6, 6.07) is 10.2. The summed E-state index contributed by atoms with van der Waals surface area (Å²) < 4.78 is 25.2. The number of aryl methyl sites for hydroxylation is 1. The van der Waals surface area contributed by atoms with Crippen molar-refractivity contribution in [3.05, 3.63) is 47.5 Å². The molecule has 0 unspecified atom stereocenters. The number of carbonyl (C=O) groups is 2. The topological polar surface area (TPSA) is 92.3 Å². The smallest absolute Gasteiger partial charge is 0.234 e. The van der Waals surface area contributed by atoms with E-state index in [9.17, 15) is 18.0 Å². The first-order valence-electron chi connectivity index (χ1n) is 8.42. The predicted molar refractivity (Wildman–Crippen MR) is 107 cm³/mol. The van der Waals surface area contributed by atoms with Crippen molar-refractivity contribution in [2.45, 2.75) is 30.1 Å². The molecular formula is C19H20N2O4S2. The number of thioether (sulfide) groups is 1. The van der Waals surface area contributed by atoms with Crippen molar-refractivity contribution in [2.75, 3.05) is 22.1 Å². The van der Waals surface area contributed by atoms with Crippen LogP contribution in [-0.2, 0) is 19.4 Å². The molecule has 0 saturated carbocycles. The Morgan fingerprint density at radius 1 is 1.22 bits per heavy atom. The molecule has 0 fully saturated rings. The van der Waals surface area contributed by atoms with E-state index in [4.69, 9.17) is 0 Å². The summed E-state index contributed by atoms with van der Waals surface area (Å²) in [7, 11) is -3.60. The van der Waals surface area contributed by atoms with Crippen molar-refractivity contribution in [3.8, 4) is 0 Å². The molecule has 0 aromatic heterocycles. The van der Waals surface area contributed by atoms with Gasteiger partial charge in [-0.25, -0.2) is 8.42 Å². The average molecular weight is 405 g/mol. The fourth-order valence-corrected chi connectivity index (χ4v) is 4.87. The maximum Gasteiger partial charge on any atom is 0.234 e. The highest BCUT2D eigenvalue weighted by Gasteiger charge is 2.21. The highest BCUT2D eigenvalue weighted by molar-refractivity contribution is 8.00. The molecule has 142 valence electrons. The molecular weight excluding hydrogens is 384 g/mol. The molecule has 27 heavy (non-hydrogen) atoms. The molecule has 0 radical (unpaired) electrons. The molecule has 2 aromatic rings. The fraction of sp³-hybridized carbons (Fsp3) is 0.263. The highest BCUT2D eigenvalue weighted by atomic mass is 32.2. The van der Waals surface area contributed by atoms with Gasteiger partial charge in [-0.15, -0.1) is 11.8 Å². The van der Waals surface area contributed by atoms with Crippen molar-refractivity contribution in [1.29, 1.82) is 0 Å². The van der Waals surface area contributed by atoms with E-state index in [1.165, 1.54) is 17.8 Å². The van der Waals surface area contributed by atoms with Gasteiger partial charge in [-0.2, -0.15) is 0 Å². The summed E-state index contributed by atoms with van der Waals surface area (Å²) >= 11 is 1.30. The first-order chi connectivity index (χ1) is 12.8. The normalized spacial score (nSPS) is 13.6. The number of amides is 2. The van der Waals surface area contributed by atoms with Crippen LogP contribution in [0.5, 0.6) is 0 Å². The maximum absolute atomic E-state index is 12.6. The molecule has 0 aliphatic carbocycles. The minimum atomic E-state index is -3.60. The number of hydrogen-bond donors (Lipinski definition) is 2. The second-order valence-corrected chi connectivity index (χ2v) is 9.49. The SMILES string of the molecule is Cc1cccc(NC(=O)CCS(=O)(=O)c2ccc3c(c2)SCC(=O)N3)c1C. The van der Waals surface area contributed by atoms with Crippen LogP contribution in [0.2, 0.25) is 0 Å². The Kier molecular flexibility index (Phi) is 5.57. The van der Waals surface area contributed by atoms with Gasteiger partial charge < -0.3 is 10.6 Å². The van der Waals surface area contributed by atoms with Crippen LogP contribution >= 0.6 is 11.8 Å². The molecule has 0 spiro atoms. The molecule has 2 aromatic carbocycles. The van der Waals surface area contributed by atoms with Gasteiger partial charge in [0.25, 0.3) is 0 Å². The number of nitrogens with one attached hydrogen (secondary N) is 2. The Morgan fingerprint density at radius 2 is 2.00 bits per heavy atom. The molecule has 0 saturated heterocycles. The monoisotopic (exact) mass is 404 g/mol. The molecule has 1 aliphatic heterocycles. The fourth-order valence-electron chi connectivity index (χ4n) is 2.69. The molecule has 2 amide bonds. The second-order valence-electron chi connectivity index (χ2n) is 6.36. The van der Waals surface area contributed by atoms with Crippen molar-refractivity contribution in [2.24, 2.45) is 0 Å². The van der Waals surface area contributed by atoms with Gasteiger partial charge in [0, 0.05) is 17.0 Å². The van der Waals surface area contributed by atoms with E-state index in [-0.39, 0.29) is 34.6 Å². The van der Waals surface area contributed by atoms with E-state index in [0.717, 1.165) is 16.0 Å². The number of benzene rings is 2. The summed E-state index contributed by atoms with van der Waals surface area (Å²) in [4.78, 5) is 24.5. The van der Waals surface area contributed by atoms with Crippen LogP contribution in [0.1, 0.15) is 17.5 Å². The van der Waals surface area contributed by atoms with Crippen molar-refractivity contribution in [3.63, 3.8) is 0 Å². The van der Waals surface area contributed by atoms with Crippen LogP contribution in [0.3, 0.4) is 0 Å². The van der Waals surface area contributed by atoms with E-state index in [1.807, 2.05) is 26.0 Å². The summed E-state index contributed by atoms with van der Waals surface area (Å²) in [6.07, 6.45) is -0.128. The van der Waals surface area contributed by atoms with Gasteiger partial charge in [0.2, 0.25) is 11.8 Å². The lowest BCUT2D eigenvalue weighted by Gasteiger charge is -2.17. The zero-order valence-electron chi connectivity index (χ0n) is 15.0. The van der Waals surface area contributed by atoms with Crippen molar-refractivity contribution in [1.82, 2.24) is 0 Å². The number of fused-ring (bicyclic) bond motifs is 1. The van der Waals surface area contributed by atoms with Gasteiger partial charge in [-0.3, -0.25) is 9.59 Å². The Labute approximate surface area is 162 Å². The first-order valence-corrected chi connectivity index (χ1v) is 11.1. The molecule has 0 bridgehead atoms. The van der Waals surface area contributed by atoms with E-state index in [2.05, 4.69) is 10.6 Å². The second kappa shape index (κ2) is 7.74. The van der Waals surface area contributed by atoms with Crippen molar-refractivity contribution < 1.29 is 18.0 Å². The highest BCUT2D eigenvalue weighted by Crippen LogP contribution is 2.33. The van der Waals surface area contributed by atoms with Crippen LogP contribution in [0, 0.1) is 13.8 Å². The summed E-state index contributed by atoms with van der Waals surface area (Å²) in [6.45, 7) is 3.86. The Balaban J connectivity index is 1.67. The lowest BCUT2D eigenvalue weighted by molar-refractivity contribution is -0.116. The van der Waals surface area contributed by atoms with E-state index >= 15 is 0 Å². The third-order valence-corrected chi connectivity index (χ3v) is 7.19. The molecule has 6 nitrogen and oxygen atoms in total. The minimum Gasteiger partial charge on any atom is -0.326 e. The maximum atomic E-state index is 12.6. The molecule has 3 rings (SSSR count). The summed E-state index contributed by atoms with van der Waals surface area (Å²) in [5.41, 5.74) is 3.32. The molecule has 1 heterocycles. The lowest BCUT2D eigenvalue weighted by atomic mass is 10.1. The van der Waals surface area contributed by atoms with Gasteiger partial charge in [-0.1, -0.05) is 12.1 Å². The summed E-state index contributed by atoms with van der Waals surface area (Å²) in [5.74, 6) is -0.466. The third-order valence-electron chi connectivity index (χ3n) is 4.42. The third kappa shape index (κ3) is 4.51. The van der Waals surface area contributed by atoms with Gasteiger partial charge in [0.05, 0.1) is 22.1 Å². The first kappa shape index (κ1) is 19.4. The Hall–Kier alpha value is -2.32. The number of anilines is 2. The van der Waals surface area contributed by atoms with Crippen LogP contribution < -0.4 is 10.6 Å². The number of carbonyl (C=O) groups excluding carboxylic acids is 2. The number of hydrogen-bond acceptors (Lipinski definition) is 5. The van der Waals surface area contributed by atoms with Crippen LogP contribution in [-0.4, -0.2) is 31.7 Å². The van der Waals surface area contributed by atoms with Crippen molar-refractivity contribution >= 4 is 44.8 Å². The largest absolute Gasteiger partial charge is 0.326 e. The van der Waals surface area contributed by atoms with Gasteiger partial charge in [0.1, 0.15) is 0 Å². The van der Waals surface area contributed by atoms with E-state index < -0.39 is 9.84 Å². The molecule has 1 aliphatic rings. The van der Waals surface area contributed by atoms with Gasteiger partial charge in [0.15, 0.2) is 9.84 Å². The molecule has 8 heteroatoms. The Bertz CT molecular complexity index is 1020. The van der Waals surface area contributed by atoms with E-state index in [1.54, 1.807) is 18.2 Å². The zero-order valence-corrected chi connectivity index (χ0v) is 16.7. The number of rotatable bonds is 5. The van der Waals surface area contributed by atoms with E-state index in [0.29, 0.717) is 11.4 Å². The van der Waals surface area contributed by atoms with Crippen LogP contribution in [0.25, 0.3) is 0 Å². The Morgan fingerprint density at radius 3 is 2.78 bits per heavy atom. The molecule has 0 atom stereocenters. The van der Waals surface area contributed by atoms with Crippen LogP contribution in [0.15, 0.2) is 46.2 Å². The lowest BCUT2D eigenvalue weighted by Crippen LogP contribution is -2.20. The standard InChI is InChI=1S/C19H20N2O4S2/c1-12-4-3-5-15(13(12)2)20-18(22)8-9-27(24,25)14-6-7-16-17(10-14)26-11-19(23)21-16/h3-7,10H,8-9,11H2,1-2H3,(H,20,22)(H,21,23). The minimum absolute atomic E-state index is 0.105. The number of sulfone groups is 1. The van der Waals surface area contributed by atoms with Gasteiger partial charge >= 0.3 is 0 Å². The quantitative estimate of drug-likeness (QED) is 0.799. The predicted octanol–water partition coefficient (Wildman–Crippen LogP) is 3.15. The zero-order chi connectivity index (χ0) is 19.6. The summed E-state index contributed by atoms with van der Waals surface area (Å²) in [5, 5.41) is 5.48. The van der Waals surface area contributed by atoms with Crippen LogP contribution in [0.4, 0.5) is 11.4 Å². The molecule has 2 N–H and O–H groups in total. The average Bonchev–Trinajstić information content (AvgIpc) is 2.63. The van der Waals surface area contributed by atoms with Gasteiger partial charge in [-0.05, 0) is 49.2 Å².